The smallest absolute Gasteiger partial charge is 0.385 e. The molecule has 156 valence electrons. The van der Waals surface area contributed by atoms with Crippen LogP contribution in [0.4, 0.5) is 24.7 Å². The van der Waals surface area contributed by atoms with Crippen LogP contribution < -0.4 is 16.6 Å². The molecule has 0 fully saturated rings. The van der Waals surface area contributed by atoms with Gasteiger partial charge >= 0.3 is 6.18 Å². The number of halogens is 4. The first-order chi connectivity index (χ1) is 14.1. The van der Waals surface area contributed by atoms with Gasteiger partial charge in [0.2, 0.25) is 5.91 Å². The summed E-state index contributed by atoms with van der Waals surface area (Å²) in [7, 11) is 0. The van der Waals surface area contributed by atoms with Gasteiger partial charge in [0.15, 0.2) is 5.16 Å². The summed E-state index contributed by atoms with van der Waals surface area (Å²) in [5, 5.41) is 3.05. The summed E-state index contributed by atoms with van der Waals surface area (Å²) >= 11 is 6.80. The Balaban J connectivity index is 1.78. The minimum Gasteiger partial charge on any atom is -0.385 e. The minimum absolute atomic E-state index is 0.00560. The molecule has 0 aliphatic carbocycles. The third-order valence-corrected chi connectivity index (χ3v) is 5.01. The van der Waals surface area contributed by atoms with Crippen molar-refractivity contribution in [3.05, 3.63) is 75.5 Å². The molecule has 1 aromatic heterocycles. The number of hydrogen-bond acceptors (Lipinski definition) is 5. The molecule has 6 nitrogen and oxygen atoms in total. The van der Waals surface area contributed by atoms with E-state index in [9.17, 15) is 22.8 Å². The van der Waals surface area contributed by atoms with E-state index in [0.29, 0.717) is 10.7 Å². The second-order valence-electron chi connectivity index (χ2n) is 6.03. The number of benzene rings is 2. The first-order valence-electron chi connectivity index (χ1n) is 8.39. The lowest BCUT2D eigenvalue weighted by Gasteiger charge is -2.15. The molecule has 3 N–H and O–H groups in total. The molecule has 0 unspecified atom stereocenters. The Kier molecular flexibility index (Phi) is 6.37. The number of amides is 1. The van der Waals surface area contributed by atoms with Gasteiger partial charge in [-0.05, 0) is 42.5 Å². The van der Waals surface area contributed by atoms with Crippen molar-refractivity contribution in [1.29, 1.82) is 0 Å². The SMILES string of the molecule is Nc1cc(=O)nc(SCC(=O)Nc2cccc(C(F)(F)F)c2)n1-c1ccc(Cl)cc1. The Hall–Kier alpha value is -2.98. The molecular formula is C19H14ClF3N4O2S. The summed E-state index contributed by atoms with van der Waals surface area (Å²) in [4.78, 5) is 27.9. The van der Waals surface area contributed by atoms with E-state index >= 15 is 0 Å². The van der Waals surface area contributed by atoms with Gasteiger partial charge in [-0.2, -0.15) is 18.2 Å². The van der Waals surface area contributed by atoms with Gasteiger partial charge in [-0.15, -0.1) is 0 Å². The summed E-state index contributed by atoms with van der Waals surface area (Å²) in [5.41, 5.74) is 5.07. The second kappa shape index (κ2) is 8.80. The zero-order valence-electron chi connectivity index (χ0n) is 15.1. The highest BCUT2D eigenvalue weighted by atomic mass is 35.5. The lowest BCUT2D eigenvalue weighted by atomic mass is 10.2. The van der Waals surface area contributed by atoms with E-state index in [1.54, 1.807) is 24.3 Å². The number of carbonyl (C=O) groups excluding carboxylic acids is 1. The van der Waals surface area contributed by atoms with Gasteiger partial charge in [0.25, 0.3) is 5.56 Å². The molecule has 0 saturated heterocycles. The predicted molar refractivity (Wildman–Crippen MR) is 110 cm³/mol. The van der Waals surface area contributed by atoms with Gasteiger partial charge < -0.3 is 11.1 Å². The first-order valence-corrected chi connectivity index (χ1v) is 9.75. The van der Waals surface area contributed by atoms with Crippen LogP contribution >= 0.6 is 23.4 Å². The average Bonchev–Trinajstić information content (AvgIpc) is 2.66. The van der Waals surface area contributed by atoms with Crippen molar-refractivity contribution in [2.45, 2.75) is 11.3 Å². The Morgan fingerprint density at radius 3 is 2.53 bits per heavy atom. The highest BCUT2D eigenvalue weighted by Crippen LogP contribution is 2.31. The number of nitrogen functional groups attached to an aromatic ring is 1. The van der Waals surface area contributed by atoms with E-state index in [-0.39, 0.29) is 22.4 Å². The summed E-state index contributed by atoms with van der Waals surface area (Å²) < 4.78 is 39.9. The number of nitrogens with two attached hydrogens (primary N) is 1. The molecular weight excluding hydrogens is 441 g/mol. The van der Waals surface area contributed by atoms with Crippen molar-refractivity contribution in [2.24, 2.45) is 0 Å². The molecule has 0 radical (unpaired) electrons. The van der Waals surface area contributed by atoms with Crippen LogP contribution in [0, 0.1) is 0 Å². The average molecular weight is 455 g/mol. The van der Waals surface area contributed by atoms with Crippen LogP contribution in [0.25, 0.3) is 5.69 Å². The number of rotatable bonds is 5. The van der Waals surface area contributed by atoms with Crippen molar-refractivity contribution in [2.75, 3.05) is 16.8 Å². The predicted octanol–water partition coefficient (Wildman–Crippen LogP) is 4.22. The fourth-order valence-electron chi connectivity index (χ4n) is 2.52. The number of carbonyl (C=O) groups is 1. The molecule has 3 aromatic rings. The van der Waals surface area contributed by atoms with Crippen LogP contribution in [-0.2, 0) is 11.0 Å². The third-order valence-electron chi connectivity index (χ3n) is 3.82. The van der Waals surface area contributed by atoms with E-state index < -0.39 is 23.2 Å². The lowest BCUT2D eigenvalue weighted by molar-refractivity contribution is -0.137. The molecule has 1 heterocycles. The first kappa shape index (κ1) is 21.7. The molecule has 0 saturated carbocycles. The number of alkyl halides is 3. The van der Waals surface area contributed by atoms with E-state index in [1.165, 1.54) is 16.7 Å². The minimum atomic E-state index is -4.52. The maximum atomic E-state index is 12.8. The molecule has 0 bridgehead atoms. The van der Waals surface area contributed by atoms with Gasteiger partial charge in [0.1, 0.15) is 5.82 Å². The Labute approximate surface area is 177 Å². The zero-order valence-corrected chi connectivity index (χ0v) is 16.7. The number of hydrogen-bond donors (Lipinski definition) is 2. The van der Waals surface area contributed by atoms with Crippen molar-refractivity contribution in [3.8, 4) is 5.69 Å². The van der Waals surface area contributed by atoms with Crippen LogP contribution in [0.2, 0.25) is 5.02 Å². The fourth-order valence-corrected chi connectivity index (χ4v) is 3.48. The van der Waals surface area contributed by atoms with E-state index in [4.69, 9.17) is 17.3 Å². The van der Waals surface area contributed by atoms with Gasteiger partial charge in [0, 0.05) is 22.5 Å². The monoisotopic (exact) mass is 454 g/mol. The van der Waals surface area contributed by atoms with Gasteiger partial charge in [-0.1, -0.05) is 29.4 Å². The van der Waals surface area contributed by atoms with Crippen LogP contribution in [0.3, 0.4) is 0 Å². The number of nitrogens with one attached hydrogen (secondary N) is 1. The number of nitrogens with zero attached hydrogens (tertiary/aromatic N) is 2. The maximum Gasteiger partial charge on any atom is 0.416 e. The normalized spacial score (nSPS) is 11.3. The van der Waals surface area contributed by atoms with Crippen LogP contribution in [0.1, 0.15) is 5.56 Å². The molecule has 0 aliphatic heterocycles. The van der Waals surface area contributed by atoms with Gasteiger partial charge in [-0.25, -0.2) is 0 Å². The van der Waals surface area contributed by atoms with Crippen molar-refractivity contribution >= 4 is 40.8 Å². The Morgan fingerprint density at radius 2 is 1.87 bits per heavy atom. The lowest BCUT2D eigenvalue weighted by Crippen LogP contribution is -2.19. The van der Waals surface area contributed by atoms with Crippen molar-refractivity contribution in [3.63, 3.8) is 0 Å². The quantitative estimate of drug-likeness (QED) is 0.445. The topological polar surface area (TPSA) is 90.0 Å². The van der Waals surface area contributed by atoms with Gasteiger partial charge in [-0.3, -0.25) is 14.2 Å². The largest absolute Gasteiger partial charge is 0.416 e. The molecule has 0 spiro atoms. The molecule has 0 atom stereocenters. The maximum absolute atomic E-state index is 12.8. The van der Waals surface area contributed by atoms with Crippen LogP contribution in [0.15, 0.2) is 64.5 Å². The summed E-state index contributed by atoms with van der Waals surface area (Å²) in [6, 6.07) is 12.0. The highest BCUT2D eigenvalue weighted by Gasteiger charge is 2.30. The second-order valence-corrected chi connectivity index (χ2v) is 7.41. The standard InChI is InChI=1S/C19H14ClF3N4O2S/c20-12-4-6-14(7-5-12)27-15(24)9-16(28)26-18(27)30-10-17(29)25-13-3-1-2-11(8-13)19(21,22)23/h1-9H,10,24H2,(H,25,29). The summed E-state index contributed by atoms with van der Waals surface area (Å²) in [6.07, 6.45) is -4.52. The third kappa shape index (κ3) is 5.33. The summed E-state index contributed by atoms with van der Waals surface area (Å²) in [5.74, 6) is -0.670. The van der Waals surface area contributed by atoms with Gasteiger partial charge in [0.05, 0.1) is 11.3 Å². The molecule has 2 aromatic carbocycles. The fraction of sp³-hybridized carbons (Fsp3) is 0.105. The van der Waals surface area contributed by atoms with E-state index in [0.717, 1.165) is 30.0 Å². The number of thioether (sulfide) groups is 1. The molecule has 0 aliphatic rings. The van der Waals surface area contributed by atoms with Crippen molar-refractivity contribution in [1.82, 2.24) is 9.55 Å². The van der Waals surface area contributed by atoms with Crippen molar-refractivity contribution < 1.29 is 18.0 Å². The van der Waals surface area contributed by atoms with Crippen LogP contribution in [-0.4, -0.2) is 21.2 Å². The Morgan fingerprint density at radius 1 is 1.17 bits per heavy atom. The zero-order chi connectivity index (χ0) is 21.9. The van der Waals surface area contributed by atoms with E-state index in [2.05, 4.69) is 10.3 Å². The highest BCUT2D eigenvalue weighted by molar-refractivity contribution is 7.99. The number of anilines is 2. The summed E-state index contributed by atoms with van der Waals surface area (Å²) in [6.45, 7) is 0. The van der Waals surface area contributed by atoms with Crippen LogP contribution in [0.5, 0.6) is 0 Å². The molecule has 30 heavy (non-hydrogen) atoms. The molecule has 3 rings (SSSR count). The molecule has 11 heteroatoms. The molecule has 1 amide bonds. The number of aromatic nitrogens is 2. The Bertz CT molecular complexity index is 1130. The van der Waals surface area contributed by atoms with E-state index in [1.807, 2.05) is 0 Å².